The second kappa shape index (κ2) is 5.23. The van der Waals surface area contributed by atoms with Gasteiger partial charge in [0.05, 0.1) is 19.3 Å². The van der Waals surface area contributed by atoms with Gasteiger partial charge in [0.25, 0.3) is 0 Å². The Kier molecular flexibility index (Phi) is 3.89. The molecule has 5 heteroatoms. The molecule has 0 aromatic heterocycles. The Morgan fingerprint density at radius 2 is 2.00 bits per heavy atom. The number of nitrogens with zero attached hydrogens (tertiary/aromatic N) is 1. The number of ether oxygens (including phenoxy) is 1. The van der Waals surface area contributed by atoms with Gasteiger partial charge < -0.3 is 14.9 Å². The first-order valence-electron chi connectivity index (χ1n) is 5.51. The fourth-order valence-corrected chi connectivity index (χ4v) is 2.28. The molecule has 1 fully saturated rings. The first-order chi connectivity index (χ1) is 8.10. The Morgan fingerprint density at radius 1 is 1.35 bits per heavy atom. The van der Waals surface area contributed by atoms with Crippen molar-refractivity contribution < 1.29 is 14.9 Å². The molecule has 0 unspecified atom stereocenters. The van der Waals surface area contributed by atoms with Crippen molar-refractivity contribution in [3.63, 3.8) is 0 Å². The molecule has 0 aliphatic carbocycles. The standard InChI is InChI=1S/C12H16ClNO3/c1-17-12-3-2-9(13)4-8(12)5-14-6-10(15)11(16)7-14/h2-4,10-11,15-16H,5-7H2,1H3/t10-,11+. The Labute approximate surface area is 105 Å². The number of β-amino-alcohol motifs (C(OH)–C–C–N with tert-alkyl or cyclic N) is 2. The number of methoxy groups -OCH3 is 1. The van der Waals surface area contributed by atoms with E-state index in [0.717, 1.165) is 11.3 Å². The molecule has 94 valence electrons. The summed E-state index contributed by atoms with van der Waals surface area (Å²) in [6.45, 7) is 1.55. The van der Waals surface area contributed by atoms with E-state index in [9.17, 15) is 10.2 Å². The summed E-state index contributed by atoms with van der Waals surface area (Å²) in [4.78, 5) is 1.98. The molecule has 1 saturated heterocycles. The van der Waals surface area contributed by atoms with Gasteiger partial charge in [0.15, 0.2) is 0 Å². The number of halogens is 1. The van der Waals surface area contributed by atoms with Crippen molar-refractivity contribution in [2.45, 2.75) is 18.8 Å². The van der Waals surface area contributed by atoms with Crippen molar-refractivity contribution >= 4 is 11.6 Å². The fraction of sp³-hybridized carbons (Fsp3) is 0.500. The van der Waals surface area contributed by atoms with E-state index in [4.69, 9.17) is 16.3 Å². The molecule has 0 saturated carbocycles. The first-order valence-corrected chi connectivity index (χ1v) is 5.89. The van der Waals surface area contributed by atoms with Crippen molar-refractivity contribution in [2.75, 3.05) is 20.2 Å². The minimum atomic E-state index is -0.667. The summed E-state index contributed by atoms with van der Waals surface area (Å²) in [5, 5.41) is 19.6. The monoisotopic (exact) mass is 257 g/mol. The van der Waals surface area contributed by atoms with Gasteiger partial charge in [-0.2, -0.15) is 0 Å². The summed E-state index contributed by atoms with van der Waals surface area (Å²) in [5.41, 5.74) is 0.960. The van der Waals surface area contributed by atoms with Gasteiger partial charge in [-0.15, -0.1) is 0 Å². The zero-order valence-electron chi connectivity index (χ0n) is 9.64. The summed E-state index contributed by atoms with van der Waals surface area (Å²) in [7, 11) is 1.61. The number of likely N-dealkylation sites (tertiary alicyclic amines) is 1. The minimum Gasteiger partial charge on any atom is -0.496 e. The Balaban J connectivity index is 2.10. The van der Waals surface area contributed by atoms with Crippen molar-refractivity contribution in [2.24, 2.45) is 0 Å². The molecule has 1 heterocycles. The zero-order chi connectivity index (χ0) is 12.4. The third kappa shape index (κ3) is 2.90. The lowest BCUT2D eigenvalue weighted by Crippen LogP contribution is -2.22. The maximum atomic E-state index is 9.48. The van der Waals surface area contributed by atoms with Crippen molar-refractivity contribution in [1.82, 2.24) is 4.90 Å². The molecule has 2 N–H and O–H groups in total. The fourth-order valence-electron chi connectivity index (χ4n) is 2.09. The molecule has 4 nitrogen and oxygen atoms in total. The van der Waals surface area contributed by atoms with Gasteiger partial charge in [0.1, 0.15) is 5.75 Å². The normalized spacial score (nSPS) is 25.2. The van der Waals surface area contributed by atoms with Crippen LogP contribution in [0.3, 0.4) is 0 Å². The first kappa shape index (κ1) is 12.6. The van der Waals surface area contributed by atoms with E-state index in [1.54, 1.807) is 13.2 Å². The molecule has 1 aromatic carbocycles. The van der Waals surface area contributed by atoms with Gasteiger partial charge in [-0.05, 0) is 18.2 Å². The highest BCUT2D eigenvalue weighted by Crippen LogP contribution is 2.25. The smallest absolute Gasteiger partial charge is 0.123 e. The van der Waals surface area contributed by atoms with Crippen LogP contribution in [0.25, 0.3) is 0 Å². The van der Waals surface area contributed by atoms with Crippen LogP contribution < -0.4 is 4.74 Å². The van der Waals surface area contributed by atoms with Gasteiger partial charge in [-0.3, -0.25) is 4.90 Å². The second-order valence-corrected chi connectivity index (χ2v) is 4.72. The predicted molar refractivity (Wildman–Crippen MR) is 65.3 cm³/mol. The number of hydrogen-bond donors (Lipinski definition) is 2. The van der Waals surface area contributed by atoms with Gasteiger partial charge in [-0.1, -0.05) is 11.6 Å². The van der Waals surface area contributed by atoms with Crippen LogP contribution >= 0.6 is 11.6 Å². The van der Waals surface area contributed by atoms with E-state index in [1.807, 2.05) is 17.0 Å². The third-order valence-electron chi connectivity index (χ3n) is 2.97. The Bertz CT molecular complexity index is 389. The SMILES string of the molecule is COc1ccc(Cl)cc1CN1C[C@@H](O)[C@@H](O)C1. The molecular formula is C12H16ClNO3. The average molecular weight is 258 g/mol. The molecule has 0 radical (unpaired) electrons. The lowest BCUT2D eigenvalue weighted by molar-refractivity contribution is 0.0572. The largest absolute Gasteiger partial charge is 0.496 e. The van der Waals surface area contributed by atoms with Crippen LogP contribution in [0.1, 0.15) is 5.56 Å². The summed E-state index contributed by atoms with van der Waals surface area (Å²) >= 11 is 5.94. The van der Waals surface area contributed by atoms with Gasteiger partial charge in [0.2, 0.25) is 0 Å². The summed E-state index contributed by atoms with van der Waals surface area (Å²) in [5.74, 6) is 0.769. The molecular weight excluding hydrogens is 242 g/mol. The number of aliphatic hydroxyl groups excluding tert-OH is 2. The van der Waals surface area contributed by atoms with E-state index < -0.39 is 12.2 Å². The Morgan fingerprint density at radius 3 is 2.59 bits per heavy atom. The summed E-state index contributed by atoms with van der Waals surface area (Å²) in [6.07, 6.45) is -1.33. The van der Waals surface area contributed by atoms with Crippen LogP contribution in [-0.4, -0.2) is 47.5 Å². The van der Waals surface area contributed by atoms with Crippen LogP contribution in [0.4, 0.5) is 0 Å². The van der Waals surface area contributed by atoms with E-state index in [1.165, 1.54) is 0 Å². The number of hydrogen-bond acceptors (Lipinski definition) is 4. The molecule has 1 aliphatic rings. The van der Waals surface area contributed by atoms with Gasteiger partial charge in [0, 0.05) is 30.2 Å². The highest BCUT2D eigenvalue weighted by molar-refractivity contribution is 6.30. The maximum Gasteiger partial charge on any atom is 0.123 e. The van der Waals surface area contributed by atoms with E-state index in [0.29, 0.717) is 24.7 Å². The Hall–Kier alpha value is -0.810. The van der Waals surface area contributed by atoms with Crippen molar-refractivity contribution in [3.05, 3.63) is 28.8 Å². The molecule has 2 rings (SSSR count). The predicted octanol–water partition coefficient (Wildman–Crippen LogP) is 0.886. The molecule has 0 bridgehead atoms. The quantitative estimate of drug-likeness (QED) is 0.844. The van der Waals surface area contributed by atoms with E-state index >= 15 is 0 Å². The maximum absolute atomic E-state index is 9.48. The third-order valence-corrected chi connectivity index (χ3v) is 3.21. The van der Waals surface area contributed by atoms with Gasteiger partial charge in [-0.25, -0.2) is 0 Å². The molecule has 0 amide bonds. The van der Waals surface area contributed by atoms with Crippen molar-refractivity contribution in [1.29, 1.82) is 0 Å². The molecule has 1 aliphatic heterocycles. The van der Waals surface area contributed by atoms with Crippen LogP contribution in [0.5, 0.6) is 5.75 Å². The minimum absolute atomic E-state index is 0.469. The van der Waals surface area contributed by atoms with Crippen LogP contribution in [0.15, 0.2) is 18.2 Å². The van der Waals surface area contributed by atoms with E-state index in [2.05, 4.69) is 0 Å². The van der Waals surface area contributed by atoms with Gasteiger partial charge >= 0.3 is 0 Å². The molecule has 17 heavy (non-hydrogen) atoms. The lowest BCUT2D eigenvalue weighted by atomic mass is 10.2. The second-order valence-electron chi connectivity index (χ2n) is 4.28. The lowest BCUT2D eigenvalue weighted by Gasteiger charge is -2.17. The highest BCUT2D eigenvalue weighted by atomic mass is 35.5. The van der Waals surface area contributed by atoms with Crippen molar-refractivity contribution in [3.8, 4) is 5.75 Å². The average Bonchev–Trinajstić information content (AvgIpc) is 2.58. The summed E-state index contributed by atoms with van der Waals surface area (Å²) in [6, 6.07) is 5.44. The zero-order valence-corrected chi connectivity index (χ0v) is 10.4. The van der Waals surface area contributed by atoms with Crippen LogP contribution in [0.2, 0.25) is 5.02 Å². The van der Waals surface area contributed by atoms with Crippen LogP contribution in [0, 0.1) is 0 Å². The van der Waals surface area contributed by atoms with Crippen LogP contribution in [-0.2, 0) is 6.54 Å². The summed E-state index contributed by atoms with van der Waals surface area (Å²) < 4.78 is 5.25. The molecule has 1 aromatic rings. The molecule has 2 atom stereocenters. The number of aliphatic hydroxyl groups is 2. The number of benzene rings is 1. The highest BCUT2D eigenvalue weighted by Gasteiger charge is 2.29. The number of rotatable bonds is 3. The molecule has 0 spiro atoms. The van der Waals surface area contributed by atoms with E-state index in [-0.39, 0.29) is 0 Å². The topological polar surface area (TPSA) is 52.9 Å².